The van der Waals surface area contributed by atoms with Crippen LogP contribution in [0.2, 0.25) is 0 Å². The van der Waals surface area contributed by atoms with E-state index in [1.54, 1.807) is 0 Å². The van der Waals surface area contributed by atoms with E-state index in [0.717, 1.165) is 17.9 Å². The van der Waals surface area contributed by atoms with Crippen molar-refractivity contribution < 1.29 is 0 Å². The maximum atomic E-state index is 4.23. The molecule has 0 unspecified atom stereocenters. The van der Waals surface area contributed by atoms with Crippen LogP contribution in [-0.2, 0) is 6.42 Å². The van der Waals surface area contributed by atoms with Crippen LogP contribution in [0.5, 0.6) is 0 Å². The maximum Gasteiger partial charge on any atom is 0.159 e. The fourth-order valence-electron chi connectivity index (χ4n) is 1.69. The lowest BCUT2D eigenvalue weighted by molar-refractivity contribution is 0.839. The quantitative estimate of drug-likeness (QED) is 0.747. The van der Waals surface area contributed by atoms with E-state index in [2.05, 4.69) is 47.7 Å². The van der Waals surface area contributed by atoms with Crippen molar-refractivity contribution in [2.45, 2.75) is 27.2 Å². The summed E-state index contributed by atoms with van der Waals surface area (Å²) in [5, 5.41) is 8.39. The highest BCUT2D eigenvalue weighted by Gasteiger charge is 2.04. The van der Waals surface area contributed by atoms with Crippen LogP contribution in [0.15, 0.2) is 24.3 Å². The molecular formula is C12H15N3. The molecule has 2 aromatic rings. The van der Waals surface area contributed by atoms with Gasteiger partial charge in [-0.15, -0.1) is 5.10 Å². The molecule has 15 heavy (non-hydrogen) atoms. The van der Waals surface area contributed by atoms with E-state index in [1.807, 2.05) is 12.1 Å². The highest BCUT2D eigenvalue weighted by Crippen LogP contribution is 2.13. The van der Waals surface area contributed by atoms with E-state index in [-0.39, 0.29) is 0 Å². The van der Waals surface area contributed by atoms with Gasteiger partial charge in [-0.05, 0) is 44.5 Å². The van der Waals surface area contributed by atoms with Crippen LogP contribution in [0.25, 0.3) is 5.82 Å². The number of hydrogen-bond acceptors (Lipinski definition) is 2. The van der Waals surface area contributed by atoms with Gasteiger partial charge < -0.3 is 4.57 Å². The first kappa shape index (κ1) is 9.90. The second-order valence-electron chi connectivity index (χ2n) is 3.69. The van der Waals surface area contributed by atoms with Crippen molar-refractivity contribution in [3.63, 3.8) is 0 Å². The van der Waals surface area contributed by atoms with Gasteiger partial charge in [-0.25, -0.2) is 0 Å². The van der Waals surface area contributed by atoms with Crippen LogP contribution in [0.3, 0.4) is 0 Å². The smallest absolute Gasteiger partial charge is 0.159 e. The Morgan fingerprint density at radius 1 is 1.00 bits per heavy atom. The van der Waals surface area contributed by atoms with Crippen LogP contribution < -0.4 is 0 Å². The van der Waals surface area contributed by atoms with Crippen molar-refractivity contribution in [3.05, 3.63) is 41.3 Å². The summed E-state index contributed by atoms with van der Waals surface area (Å²) >= 11 is 0. The normalized spacial score (nSPS) is 10.6. The molecule has 3 nitrogen and oxygen atoms in total. The molecule has 0 fully saturated rings. The van der Waals surface area contributed by atoms with Crippen LogP contribution in [0.1, 0.15) is 24.0 Å². The van der Waals surface area contributed by atoms with E-state index < -0.39 is 0 Å². The molecule has 2 aromatic heterocycles. The topological polar surface area (TPSA) is 30.7 Å². The monoisotopic (exact) mass is 201 g/mol. The van der Waals surface area contributed by atoms with Gasteiger partial charge in [0, 0.05) is 11.4 Å². The third-order valence-corrected chi connectivity index (χ3v) is 2.57. The molecule has 0 amide bonds. The Morgan fingerprint density at radius 3 is 2.13 bits per heavy atom. The largest absolute Gasteiger partial charge is 0.302 e. The Kier molecular flexibility index (Phi) is 2.54. The first-order valence-corrected chi connectivity index (χ1v) is 5.20. The molecule has 2 rings (SSSR count). The molecule has 0 spiro atoms. The molecule has 0 aliphatic rings. The predicted molar refractivity (Wildman–Crippen MR) is 60.2 cm³/mol. The van der Waals surface area contributed by atoms with Crippen LogP contribution in [0.4, 0.5) is 0 Å². The molecule has 0 N–H and O–H groups in total. The average molecular weight is 201 g/mol. The Labute approximate surface area is 89.8 Å². The summed E-state index contributed by atoms with van der Waals surface area (Å²) in [4.78, 5) is 0. The standard InChI is InChI=1S/C12H15N3/c1-4-11-7-8-12(14-13-11)15-9(2)5-6-10(15)3/h5-8H,4H2,1-3H3. The van der Waals surface area contributed by atoms with Gasteiger partial charge in [-0.2, -0.15) is 5.10 Å². The van der Waals surface area contributed by atoms with Gasteiger partial charge in [0.1, 0.15) is 0 Å². The van der Waals surface area contributed by atoms with Crippen molar-refractivity contribution in [1.82, 2.24) is 14.8 Å². The minimum atomic E-state index is 0.896. The van der Waals surface area contributed by atoms with E-state index in [9.17, 15) is 0 Å². The number of hydrogen-bond donors (Lipinski definition) is 0. The molecule has 3 heteroatoms. The van der Waals surface area contributed by atoms with Crippen molar-refractivity contribution in [2.75, 3.05) is 0 Å². The van der Waals surface area contributed by atoms with Gasteiger partial charge in [0.15, 0.2) is 5.82 Å². The van der Waals surface area contributed by atoms with Gasteiger partial charge in [-0.3, -0.25) is 0 Å². The molecule has 0 aliphatic carbocycles. The Hall–Kier alpha value is -1.64. The van der Waals surface area contributed by atoms with Gasteiger partial charge in [0.05, 0.1) is 5.69 Å². The van der Waals surface area contributed by atoms with Crippen molar-refractivity contribution in [3.8, 4) is 5.82 Å². The van der Waals surface area contributed by atoms with Crippen LogP contribution in [-0.4, -0.2) is 14.8 Å². The minimum Gasteiger partial charge on any atom is -0.302 e. The zero-order valence-electron chi connectivity index (χ0n) is 9.36. The number of nitrogens with zero attached hydrogens (tertiary/aromatic N) is 3. The molecule has 0 atom stereocenters. The Bertz CT molecular complexity index is 435. The molecule has 78 valence electrons. The predicted octanol–water partition coefficient (Wildman–Crippen LogP) is 2.45. The third-order valence-electron chi connectivity index (χ3n) is 2.57. The van der Waals surface area contributed by atoms with Gasteiger partial charge in [-0.1, -0.05) is 6.92 Å². The summed E-state index contributed by atoms with van der Waals surface area (Å²) in [5.74, 6) is 0.896. The SMILES string of the molecule is CCc1ccc(-n2c(C)ccc2C)nn1. The fraction of sp³-hybridized carbons (Fsp3) is 0.333. The second kappa shape index (κ2) is 3.85. The number of aryl methyl sites for hydroxylation is 3. The van der Waals surface area contributed by atoms with Crippen molar-refractivity contribution in [2.24, 2.45) is 0 Å². The fourth-order valence-corrected chi connectivity index (χ4v) is 1.69. The van der Waals surface area contributed by atoms with Gasteiger partial charge in [0.25, 0.3) is 0 Å². The lowest BCUT2D eigenvalue weighted by Crippen LogP contribution is -2.03. The first-order chi connectivity index (χ1) is 7.22. The highest BCUT2D eigenvalue weighted by molar-refractivity contribution is 5.30. The first-order valence-electron chi connectivity index (χ1n) is 5.20. The molecular weight excluding hydrogens is 186 g/mol. The molecule has 2 heterocycles. The van der Waals surface area contributed by atoms with E-state index in [1.165, 1.54) is 11.4 Å². The summed E-state index contributed by atoms with van der Waals surface area (Å²) in [6.07, 6.45) is 0.928. The summed E-state index contributed by atoms with van der Waals surface area (Å²) < 4.78 is 2.10. The van der Waals surface area contributed by atoms with Gasteiger partial charge >= 0.3 is 0 Å². The second-order valence-corrected chi connectivity index (χ2v) is 3.69. The zero-order valence-corrected chi connectivity index (χ0v) is 9.36. The lowest BCUT2D eigenvalue weighted by Gasteiger charge is -2.07. The minimum absolute atomic E-state index is 0.896. The molecule has 0 aromatic carbocycles. The Balaban J connectivity index is 2.45. The van der Waals surface area contributed by atoms with E-state index in [0.29, 0.717) is 0 Å². The van der Waals surface area contributed by atoms with Crippen LogP contribution in [0, 0.1) is 13.8 Å². The highest BCUT2D eigenvalue weighted by atomic mass is 15.2. The molecule has 0 bridgehead atoms. The van der Waals surface area contributed by atoms with E-state index in [4.69, 9.17) is 0 Å². The molecule has 0 aliphatic heterocycles. The average Bonchev–Trinajstić information content (AvgIpc) is 2.59. The third kappa shape index (κ3) is 1.77. The summed E-state index contributed by atoms with van der Waals surface area (Å²) in [7, 11) is 0. The zero-order chi connectivity index (χ0) is 10.8. The Morgan fingerprint density at radius 2 is 1.67 bits per heavy atom. The van der Waals surface area contributed by atoms with E-state index >= 15 is 0 Å². The maximum absolute atomic E-state index is 4.23. The lowest BCUT2D eigenvalue weighted by atomic mass is 10.3. The molecule has 0 radical (unpaired) electrons. The number of rotatable bonds is 2. The summed E-state index contributed by atoms with van der Waals surface area (Å²) in [5.41, 5.74) is 3.40. The van der Waals surface area contributed by atoms with Crippen LogP contribution >= 0.6 is 0 Å². The van der Waals surface area contributed by atoms with Crippen molar-refractivity contribution in [1.29, 1.82) is 0 Å². The molecule has 0 saturated carbocycles. The van der Waals surface area contributed by atoms with Gasteiger partial charge in [0.2, 0.25) is 0 Å². The molecule has 0 saturated heterocycles. The number of aromatic nitrogens is 3. The summed E-state index contributed by atoms with van der Waals surface area (Å²) in [6.45, 7) is 6.22. The van der Waals surface area contributed by atoms with Crippen molar-refractivity contribution >= 4 is 0 Å². The summed E-state index contributed by atoms with van der Waals surface area (Å²) in [6, 6.07) is 8.22.